The summed E-state index contributed by atoms with van der Waals surface area (Å²) in [4.78, 5) is 3.80. The van der Waals surface area contributed by atoms with Gasteiger partial charge in [0, 0.05) is 47.0 Å². The third kappa shape index (κ3) is 8.47. The van der Waals surface area contributed by atoms with Gasteiger partial charge in [-0.1, -0.05) is 152 Å². The van der Waals surface area contributed by atoms with Crippen LogP contribution in [0.15, 0.2) is 259 Å². The van der Waals surface area contributed by atoms with Crippen molar-refractivity contribution in [2.75, 3.05) is 4.90 Å². The average molecular weight is 1160 g/mol. The Morgan fingerprint density at radius 2 is 1.40 bits per heavy atom. The second-order valence-electron chi connectivity index (χ2n) is 23.9. The van der Waals surface area contributed by atoms with Crippen molar-refractivity contribution in [1.82, 2.24) is 4.90 Å². The number of halogens is 6. The number of allylic oxidation sites excluding steroid dienone is 13. The van der Waals surface area contributed by atoms with E-state index >= 15 is 26.3 Å². The summed E-state index contributed by atoms with van der Waals surface area (Å²) in [5.41, 5.74) is 13.3. The van der Waals surface area contributed by atoms with Gasteiger partial charge in [-0.15, -0.1) is 6.58 Å². The molecule has 7 unspecified atom stereocenters. The van der Waals surface area contributed by atoms with E-state index in [1.54, 1.807) is 12.2 Å². The van der Waals surface area contributed by atoms with Crippen LogP contribution >= 0.6 is 0 Å². The number of fused-ring (bicyclic) bond motifs is 8. The molecule has 0 radical (unpaired) electrons. The first-order valence-corrected chi connectivity index (χ1v) is 30.1. The second kappa shape index (κ2) is 21.3. The van der Waals surface area contributed by atoms with Crippen LogP contribution in [0.25, 0.3) is 28.3 Å². The molecule has 7 atom stereocenters. The molecule has 87 heavy (non-hydrogen) atoms. The van der Waals surface area contributed by atoms with Gasteiger partial charge >= 0.3 is 0 Å². The molecule has 9 heteroatoms. The Hall–Kier alpha value is -9.34. The van der Waals surface area contributed by atoms with Gasteiger partial charge in [0.25, 0.3) is 0 Å². The number of aryl methyl sites for hydroxylation is 1. The zero-order valence-electron chi connectivity index (χ0n) is 47.7. The lowest BCUT2D eigenvalue weighted by atomic mass is 9.62. The standard InChI is InChI=1S/C78H60F6N2O/c1-3-47-19-23-49(24-20-47)77(51-27-31-53(79)32-28-51)63-13-7-5-11-59(63)61-39-37-57(45-65(61)77)85(69-41-35-55(81)43-67(69)83)71-15-9-17-73-75(71)76-72(16-10-18-74(76)87-73)86(70-42-36-56(82)44-68(70)84)58-38-40-62-60-12-6-8-14-64(60)78(66(62)46-58,52-29-33-54(80)34-30-52)50-25-21-48(4-2)22-26-50/h3-7,10-13,15-16,18-20,23-25,27-46,48,61,65,67,69H,1-2,8-9,14,17,21-22,26H2. The largest absolute Gasteiger partial charge is 0.460 e. The summed E-state index contributed by atoms with van der Waals surface area (Å²) in [6.45, 7) is 8.17. The predicted octanol–water partition coefficient (Wildman–Crippen LogP) is 20.3. The van der Waals surface area contributed by atoms with Gasteiger partial charge in [0.15, 0.2) is 0 Å². The highest BCUT2D eigenvalue weighted by Crippen LogP contribution is 2.63. The highest BCUT2D eigenvalue weighted by atomic mass is 19.2. The third-order valence-electron chi connectivity index (χ3n) is 19.5. The number of benzene rings is 7. The van der Waals surface area contributed by atoms with Gasteiger partial charge < -0.3 is 14.2 Å². The molecule has 7 aliphatic carbocycles. The topological polar surface area (TPSA) is 19.6 Å². The van der Waals surface area contributed by atoms with E-state index in [1.807, 2.05) is 94.7 Å². The van der Waals surface area contributed by atoms with Crippen LogP contribution in [0.1, 0.15) is 100 Å². The van der Waals surface area contributed by atoms with Crippen molar-refractivity contribution >= 4 is 45.4 Å². The number of alkyl halides is 1. The van der Waals surface area contributed by atoms with Gasteiger partial charge in [0.05, 0.1) is 33.6 Å². The van der Waals surface area contributed by atoms with Gasteiger partial charge in [-0.3, -0.25) is 0 Å². The molecule has 0 amide bonds. The molecule has 3 nitrogen and oxygen atoms in total. The number of hydrogen-bond acceptors (Lipinski definition) is 3. The molecule has 430 valence electrons. The Bertz CT molecular complexity index is 4420. The first-order chi connectivity index (χ1) is 42.5. The summed E-state index contributed by atoms with van der Waals surface area (Å²) in [7, 11) is 0. The Kier molecular flexibility index (Phi) is 13.3. The fourth-order valence-corrected chi connectivity index (χ4v) is 15.8. The summed E-state index contributed by atoms with van der Waals surface area (Å²) in [5, 5.41) is 0.606. The van der Waals surface area contributed by atoms with E-state index in [0.717, 1.165) is 94.3 Å². The lowest BCUT2D eigenvalue weighted by Crippen LogP contribution is -2.41. The van der Waals surface area contributed by atoms with E-state index in [0.29, 0.717) is 63.8 Å². The number of rotatable bonds is 12. The number of anilines is 3. The quantitative estimate of drug-likeness (QED) is 0.0898. The Morgan fingerprint density at radius 3 is 2.14 bits per heavy atom. The van der Waals surface area contributed by atoms with Crippen molar-refractivity contribution in [2.45, 2.75) is 73.9 Å². The van der Waals surface area contributed by atoms with E-state index in [9.17, 15) is 0 Å². The average Bonchev–Trinajstić information content (AvgIpc) is 1.58. The van der Waals surface area contributed by atoms with Gasteiger partial charge in [-0.2, -0.15) is 0 Å². The minimum absolute atomic E-state index is 0.0772. The smallest absolute Gasteiger partial charge is 0.150 e. The molecular weight excluding hydrogens is 1090 g/mol. The first kappa shape index (κ1) is 54.3. The summed E-state index contributed by atoms with van der Waals surface area (Å²) < 4.78 is 103. The van der Waals surface area contributed by atoms with Crippen molar-refractivity contribution < 1.29 is 30.8 Å². The van der Waals surface area contributed by atoms with Crippen molar-refractivity contribution in [1.29, 1.82) is 0 Å². The molecule has 0 aliphatic heterocycles. The third-order valence-corrected chi connectivity index (χ3v) is 19.5. The van der Waals surface area contributed by atoms with E-state index in [1.165, 1.54) is 53.6 Å². The maximum atomic E-state index is 17.4. The molecule has 0 bridgehead atoms. The predicted molar refractivity (Wildman–Crippen MR) is 337 cm³/mol. The number of furan rings is 1. The minimum Gasteiger partial charge on any atom is -0.460 e. The molecule has 0 saturated carbocycles. The van der Waals surface area contributed by atoms with Crippen LogP contribution in [-0.2, 0) is 17.3 Å². The van der Waals surface area contributed by atoms with E-state index < -0.39 is 40.5 Å². The van der Waals surface area contributed by atoms with Crippen LogP contribution in [0, 0.1) is 35.1 Å². The normalized spacial score (nSPS) is 24.0. The lowest BCUT2D eigenvalue weighted by molar-refractivity contribution is 0.258. The van der Waals surface area contributed by atoms with Gasteiger partial charge in [-0.25, -0.2) is 26.3 Å². The van der Waals surface area contributed by atoms with Crippen LogP contribution < -0.4 is 4.90 Å². The van der Waals surface area contributed by atoms with Gasteiger partial charge in [0.2, 0.25) is 0 Å². The van der Waals surface area contributed by atoms with E-state index in [2.05, 4.69) is 86.0 Å². The summed E-state index contributed by atoms with van der Waals surface area (Å²) >= 11 is 0. The molecule has 0 fully saturated rings. The van der Waals surface area contributed by atoms with Gasteiger partial charge in [0.1, 0.15) is 46.6 Å². The molecule has 1 heterocycles. The monoisotopic (exact) mass is 1150 g/mol. The minimum atomic E-state index is -1.81. The van der Waals surface area contributed by atoms with E-state index in [-0.39, 0.29) is 29.2 Å². The maximum Gasteiger partial charge on any atom is 0.150 e. The Morgan fingerprint density at radius 1 is 0.644 bits per heavy atom. The first-order valence-electron chi connectivity index (χ1n) is 30.1. The zero-order chi connectivity index (χ0) is 59.3. The molecule has 15 rings (SSSR count). The summed E-state index contributed by atoms with van der Waals surface area (Å²) in [5.74, 6) is -2.52. The van der Waals surface area contributed by atoms with Crippen molar-refractivity contribution in [3.05, 3.63) is 333 Å². The van der Waals surface area contributed by atoms with Crippen LogP contribution in [0.5, 0.6) is 0 Å². The highest BCUT2D eigenvalue weighted by molar-refractivity contribution is 6.05. The Labute approximate surface area is 502 Å². The molecule has 7 aromatic carbocycles. The fourth-order valence-electron chi connectivity index (χ4n) is 15.8. The van der Waals surface area contributed by atoms with Crippen molar-refractivity contribution in [3.8, 4) is 0 Å². The fraction of sp³-hybridized carbons (Fsp3) is 0.179. The number of nitrogens with zero attached hydrogens (tertiary/aromatic N) is 2. The summed E-state index contributed by atoms with van der Waals surface area (Å²) in [6.07, 6.45) is 26.2. The molecule has 1 aromatic heterocycles. The molecule has 0 saturated heterocycles. The van der Waals surface area contributed by atoms with Crippen LogP contribution in [0.4, 0.5) is 43.4 Å². The second-order valence-corrected chi connectivity index (χ2v) is 23.9. The Balaban J connectivity index is 0.949. The van der Waals surface area contributed by atoms with E-state index in [4.69, 9.17) is 4.42 Å². The molecule has 0 N–H and O–H groups in total. The van der Waals surface area contributed by atoms with Crippen LogP contribution in [0.2, 0.25) is 0 Å². The number of hydrogen-bond donors (Lipinski definition) is 0. The van der Waals surface area contributed by atoms with Gasteiger partial charge in [-0.05, 0) is 179 Å². The maximum absolute atomic E-state index is 17.4. The molecular formula is C78H60F6N2O. The molecule has 7 aliphatic rings. The van der Waals surface area contributed by atoms with Crippen LogP contribution in [-0.4, -0.2) is 17.1 Å². The summed E-state index contributed by atoms with van der Waals surface area (Å²) in [6, 6.07) is 44.6. The lowest BCUT2D eigenvalue weighted by Gasteiger charge is -2.43. The van der Waals surface area contributed by atoms with Crippen LogP contribution in [0.3, 0.4) is 0 Å². The molecule has 0 spiro atoms. The SMILES string of the molecule is C=Cc1ccc(C2(c3ccc(F)cc3)c3ccccc3C3C=CC(N(C4=CCCc5oc6cccc(N(c7ccc8c(c7)C(C7=CCC(C=C)CC7)(c7ccc(F)cc7)C7=C8C=CCC7)c7ccc(F)cc7F)c6c54)C4C=CC(F)=CC4F)=CC32)cc1. The molecule has 8 aromatic rings. The highest BCUT2D eigenvalue weighted by Gasteiger charge is 2.54. The zero-order valence-corrected chi connectivity index (χ0v) is 47.7. The van der Waals surface area contributed by atoms with Crippen molar-refractivity contribution in [2.24, 2.45) is 11.8 Å². The van der Waals surface area contributed by atoms with Crippen molar-refractivity contribution in [3.63, 3.8) is 0 Å².